The van der Waals surface area contributed by atoms with E-state index in [4.69, 9.17) is 0 Å². The van der Waals surface area contributed by atoms with Crippen molar-refractivity contribution in [3.05, 3.63) is 60.2 Å². The van der Waals surface area contributed by atoms with E-state index in [1.54, 1.807) is 11.3 Å². The van der Waals surface area contributed by atoms with Gasteiger partial charge in [-0.15, -0.1) is 11.3 Å². The molecule has 4 nitrogen and oxygen atoms in total. The van der Waals surface area contributed by atoms with Crippen LogP contribution < -0.4 is 5.43 Å². The highest BCUT2D eigenvalue weighted by Crippen LogP contribution is 2.28. The number of hydrogen-bond acceptors (Lipinski definition) is 5. The van der Waals surface area contributed by atoms with Crippen molar-refractivity contribution >= 4 is 44.9 Å². The summed E-state index contributed by atoms with van der Waals surface area (Å²) in [6.45, 7) is 1.87. The molecule has 0 bridgehead atoms. The van der Waals surface area contributed by atoms with Crippen molar-refractivity contribution in [3.63, 3.8) is 0 Å². The Bertz CT molecular complexity index is 810. The molecule has 0 saturated heterocycles. The lowest BCUT2D eigenvalue weighted by atomic mass is 10.1. The van der Waals surface area contributed by atoms with Gasteiger partial charge in [0.05, 0.1) is 21.7 Å². The van der Waals surface area contributed by atoms with E-state index in [-0.39, 0.29) is 5.91 Å². The Morgan fingerprint density at radius 1 is 1.17 bits per heavy atom. The molecule has 1 aromatic heterocycles. The third kappa shape index (κ3) is 4.18. The van der Waals surface area contributed by atoms with Crippen molar-refractivity contribution < 1.29 is 4.79 Å². The number of carbonyl (C=O) groups excluding carboxylic acids is 1. The first-order valence-corrected chi connectivity index (χ1v) is 8.89. The van der Waals surface area contributed by atoms with Gasteiger partial charge in [0.15, 0.2) is 4.34 Å². The first kappa shape index (κ1) is 15.7. The van der Waals surface area contributed by atoms with E-state index in [2.05, 4.69) is 15.5 Å². The first-order valence-electron chi connectivity index (χ1n) is 7.09. The van der Waals surface area contributed by atoms with Crippen LogP contribution in [0.15, 0.2) is 64.0 Å². The second-order valence-electron chi connectivity index (χ2n) is 4.83. The molecule has 23 heavy (non-hydrogen) atoms. The third-order valence-electron chi connectivity index (χ3n) is 3.14. The highest BCUT2D eigenvalue weighted by Gasteiger charge is 2.07. The summed E-state index contributed by atoms with van der Waals surface area (Å²) in [5.74, 6) is 0.162. The number of fused-ring (bicyclic) bond motifs is 1. The summed E-state index contributed by atoms with van der Waals surface area (Å²) in [5, 5.41) is 4.14. The molecule has 3 aromatic rings. The van der Waals surface area contributed by atoms with E-state index >= 15 is 0 Å². The Kier molecular flexibility index (Phi) is 5.05. The van der Waals surface area contributed by atoms with Crippen LogP contribution in [-0.4, -0.2) is 22.4 Å². The monoisotopic (exact) mass is 341 g/mol. The smallest absolute Gasteiger partial charge is 0.250 e. The quantitative estimate of drug-likeness (QED) is 0.435. The van der Waals surface area contributed by atoms with Crippen LogP contribution in [0, 0.1) is 0 Å². The zero-order chi connectivity index (χ0) is 16.1. The van der Waals surface area contributed by atoms with Gasteiger partial charge in [0.2, 0.25) is 0 Å². The van der Waals surface area contributed by atoms with E-state index in [1.807, 2.05) is 61.5 Å². The molecule has 0 atom stereocenters. The Balaban J connectivity index is 1.55. The number of para-hydroxylation sites is 1. The minimum Gasteiger partial charge on any atom is -0.272 e. The number of carbonyl (C=O) groups is 1. The van der Waals surface area contributed by atoms with Crippen LogP contribution in [0.4, 0.5) is 0 Å². The number of thioether (sulfide) groups is 1. The van der Waals surface area contributed by atoms with Crippen molar-refractivity contribution in [2.24, 2.45) is 5.10 Å². The van der Waals surface area contributed by atoms with Gasteiger partial charge in [-0.05, 0) is 24.6 Å². The molecule has 0 aliphatic rings. The summed E-state index contributed by atoms with van der Waals surface area (Å²) >= 11 is 3.02. The summed E-state index contributed by atoms with van der Waals surface area (Å²) in [6, 6.07) is 17.7. The molecule has 3 rings (SSSR count). The number of hydrogen-bond donors (Lipinski definition) is 1. The molecule has 1 heterocycles. The predicted molar refractivity (Wildman–Crippen MR) is 97.1 cm³/mol. The highest BCUT2D eigenvalue weighted by molar-refractivity contribution is 8.01. The minimum atomic E-state index is -0.135. The highest BCUT2D eigenvalue weighted by atomic mass is 32.2. The molecule has 0 aliphatic carbocycles. The van der Waals surface area contributed by atoms with E-state index in [0.717, 1.165) is 25.8 Å². The molecule has 0 unspecified atom stereocenters. The van der Waals surface area contributed by atoms with Crippen LogP contribution in [0.3, 0.4) is 0 Å². The standard InChI is InChI=1S/C17H15N3OS2/c1-12(13-7-3-2-4-8-13)19-20-16(21)11-22-17-18-14-9-5-6-10-15(14)23-17/h2-10H,11H2,1H3,(H,20,21). The van der Waals surface area contributed by atoms with Gasteiger partial charge in [-0.25, -0.2) is 10.4 Å². The van der Waals surface area contributed by atoms with Crippen LogP contribution in [-0.2, 0) is 4.79 Å². The Morgan fingerprint density at radius 2 is 1.91 bits per heavy atom. The van der Waals surface area contributed by atoms with Gasteiger partial charge in [0.25, 0.3) is 5.91 Å². The Morgan fingerprint density at radius 3 is 2.70 bits per heavy atom. The zero-order valence-corrected chi connectivity index (χ0v) is 14.2. The number of nitrogens with zero attached hydrogens (tertiary/aromatic N) is 2. The molecular formula is C17H15N3OS2. The number of thiazole rings is 1. The average molecular weight is 341 g/mol. The molecule has 0 aliphatic heterocycles. The lowest BCUT2D eigenvalue weighted by molar-refractivity contribution is -0.118. The SMILES string of the molecule is CC(=NNC(=O)CSc1nc2ccccc2s1)c1ccccc1. The molecule has 0 saturated carbocycles. The molecule has 6 heteroatoms. The summed E-state index contributed by atoms with van der Waals surface area (Å²) in [7, 11) is 0. The fraction of sp³-hybridized carbons (Fsp3) is 0.118. The van der Waals surface area contributed by atoms with Gasteiger partial charge >= 0.3 is 0 Å². The molecule has 0 fully saturated rings. The van der Waals surface area contributed by atoms with E-state index in [1.165, 1.54) is 11.8 Å². The number of benzene rings is 2. The van der Waals surface area contributed by atoms with Crippen molar-refractivity contribution in [3.8, 4) is 0 Å². The molecule has 1 amide bonds. The van der Waals surface area contributed by atoms with Crippen molar-refractivity contribution in [2.75, 3.05) is 5.75 Å². The number of aromatic nitrogens is 1. The van der Waals surface area contributed by atoms with E-state index in [9.17, 15) is 4.79 Å². The largest absolute Gasteiger partial charge is 0.272 e. The van der Waals surface area contributed by atoms with E-state index in [0.29, 0.717) is 5.75 Å². The molecule has 2 aromatic carbocycles. The number of amides is 1. The summed E-state index contributed by atoms with van der Waals surface area (Å²) in [5.41, 5.74) is 5.33. The van der Waals surface area contributed by atoms with Crippen LogP contribution in [0.25, 0.3) is 10.2 Å². The average Bonchev–Trinajstić information content (AvgIpc) is 3.01. The molecule has 1 N–H and O–H groups in total. The zero-order valence-electron chi connectivity index (χ0n) is 12.5. The van der Waals surface area contributed by atoms with Crippen molar-refractivity contribution in [2.45, 2.75) is 11.3 Å². The van der Waals surface area contributed by atoms with Gasteiger partial charge < -0.3 is 0 Å². The van der Waals surface area contributed by atoms with Gasteiger partial charge in [-0.2, -0.15) is 5.10 Å². The molecular weight excluding hydrogens is 326 g/mol. The second-order valence-corrected chi connectivity index (χ2v) is 7.09. The van der Waals surface area contributed by atoms with Crippen molar-refractivity contribution in [1.82, 2.24) is 10.4 Å². The number of rotatable bonds is 5. The fourth-order valence-corrected chi connectivity index (χ4v) is 3.82. The maximum absolute atomic E-state index is 11.9. The lowest BCUT2D eigenvalue weighted by Gasteiger charge is -2.02. The topological polar surface area (TPSA) is 54.4 Å². The molecule has 0 spiro atoms. The van der Waals surface area contributed by atoms with Crippen LogP contribution in [0.2, 0.25) is 0 Å². The van der Waals surface area contributed by atoms with Gasteiger partial charge in [0, 0.05) is 0 Å². The maximum Gasteiger partial charge on any atom is 0.250 e. The Labute approximate surface area is 142 Å². The third-order valence-corrected chi connectivity index (χ3v) is 5.32. The Hall–Kier alpha value is -2.18. The molecule has 0 radical (unpaired) electrons. The summed E-state index contributed by atoms with van der Waals surface area (Å²) in [6.07, 6.45) is 0. The summed E-state index contributed by atoms with van der Waals surface area (Å²) in [4.78, 5) is 16.4. The van der Waals surface area contributed by atoms with Crippen molar-refractivity contribution in [1.29, 1.82) is 0 Å². The van der Waals surface area contributed by atoms with Crippen LogP contribution in [0.1, 0.15) is 12.5 Å². The molecule has 116 valence electrons. The fourth-order valence-electron chi connectivity index (χ4n) is 1.96. The van der Waals surface area contributed by atoms with Gasteiger partial charge in [0.1, 0.15) is 0 Å². The number of hydrazone groups is 1. The number of nitrogens with one attached hydrogen (secondary N) is 1. The van der Waals surface area contributed by atoms with Gasteiger partial charge in [-0.1, -0.05) is 54.2 Å². The second kappa shape index (κ2) is 7.39. The predicted octanol–water partition coefficient (Wildman–Crippen LogP) is 3.93. The lowest BCUT2D eigenvalue weighted by Crippen LogP contribution is -2.21. The van der Waals surface area contributed by atoms with Crippen LogP contribution in [0.5, 0.6) is 0 Å². The summed E-state index contributed by atoms with van der Waals surface area (Å²) < 4.78 is 2.03. The maximum atomic E-state index is 11.9. The van der Waals surface area contributed by atoms with Gasteiger partial charge in [-0.3, -0.25) is 4.79 Å². The first-order chi connectivity index (χ1) is 11.2. The minimum absolute atomic E-state index is 0.135. The van der Waals surface area contributed by atoms with Crippen LogP contribution >= 0.6 is 23.1 Å². The van der Waals surface area contributed by atoms with E-state index < -0.39 is 0 Å². The normalized spacial score (nSPS) is 11.6.